The summed E-state index contributed by atoms with van der Waals surface area (Å²) in [6, 6.07) is 12.7. The van der Waals surface area contributed by atoms with Crippen molar-refractivity contribution in [3.05, 3.63) is 59.7 Å². The van der Waals surface area contributed by atoms with Crippen LogP contribution in [0.1, 0.15) is 54.9 Å². The molecule has 2 amide bonds. The quantitative estimate of drug-likeness (QED) is 0.569. The SMILES string of the molecule is CCCOc1ccc(/C=C/C(=O)Nc2ccc(C(=O)NC3CCCC3)cc2)cc1OC. The van der Waals surface area contributed by atoms with Crippen LogP contribution < -0.4 is 20.1 Å². The Balaban J connectivity index is 1.55. The van der Waals surface area contributed by atoms with Crippen LogP contribution >= 0.6 is 0 Å². The molecule has 0 aliphatic heterocycles. The molecule has 0 unspecified atom stereocenters. The summed E-state index contributed by atoms with van der Waals surface area (Å²) in [7, 11) is 1.59. The van der Waals surface area contributed by atoms with E-state index in [-0.39, 0.29) is 17.9 Å². The lowest BCUT2D eigenvalue weighted by Gasteiger charge is -2.12. The van der Waals surface area contributed by atoms with Crippen molar-refractivity contribution in [1.29, 1.82) is 0 Å². The first kappa shape index (κ1) is 22.4. The monoisotopic (exact) mass is 422 g/mol. The summed E-state index contributed by atoms with van der Waals surface area (Å²) in [5.41, 5.74) is 2.06. The first-order valence-corrected chi connectivity index (χ1v) is 10.8. The molecule has 0 radical (unpaired) electrons. The molecule has 1 aliphatic carbocycles. The van der Waals surface area contributed by atoms with Gasteiger partial charge in [-0.2, -0.15) is 0 Å². The summed E-state index contributed by atoms with van der Waals surface area (Å²) in [6.07, 6.45) is 8.53. The van der Waals surface area contributed by atoms with Crippen LogP contribution in [0.3, 0.4) is 0 Å². The Hall–Kier alpha value is -3.28. The van der Waals surface area contributed by atoms with Crippen LogP contribution in [0.25, 0.3) is 6.08 Å². The smallest absolute Gasteiger partial charge is 0.251 e. The molecule has 2 aromatic rings. The average molecular weight is 423 g/mol. The van der Waals surface area contributed by atoms with Gasteiger partial charge in [-0.05, 0) is 67.3 Å². The second kappa shape index (κ2) is 11.2. The van der Waals surface area contributed by atoms with Crippen LogP contribution in [0.15, 0.2) is 48.5 Å². The van der Waals surface area contributed by atoms with Gasteiger partial charge in [0.15, 0.2) is 11.5 Å². The second-order valence-corrected chi connectivity index (χ2v) is 7.61. The summed E-state index contributed by atoms with van der Waals surface area (Å²) in [5.74, 6) is 0.990. The first-order valence-electron chi connectivity index (χ1n) is 10.8. The lowest BCUT2D eigenvalue weighted by molar-refractivity contribution is -0.111. The maximum absolute atomic E-state index is 12.3. The lowest BCUT2D eigenvalue weighted by atomic mass is 10.1. The third kappa shape index (κ3) is 6.60. The number of rotatable bonds is 9. The van der Waals surface area contributed by atoms with Crippen LogP contribution in [0.4, 0.5) is 5.69 Å². The predicted octanol–water partition coefficient (Wildman–Crippen LogP) is 4.81. The first-order chi connectivity index (χ1) is 15.1. The van der Waals surface area contributed by atoms with Gasteiger partial charge in [-0.25, -0.2) is 0 Å². The molecule has 6 nitrogen and oxygen atoms in total. The van der Waals surface area contributed by atoms with Gasteiger partial charge in [0, 0.05) is 23.4 Å². The minimum atomic E-state index is -0.256. The van der Waals surface area contributed by atoms with Gasteiger partial charge >= 0.3 is 0 Å². The molecule has 0 aromatic heterocycles. The molecule has 0 bridgehead atoms. The van der Waals surface area contributed by atoms with Crippen LogP contribution in [0.2, 0.25) is 0 Å². The van der Waals surface area contributed by atoms with Crippen molar-refractivity contribution in [2.45, 2.75) is 45.1 Å². The minimum absolute atomic E-state index is 0.0648. The molecule has 0 atom stereocenters. The van der Waals surface area contributed by atoms with E-state index in [4.69, 9.17) is 9.47 Å². The molecular weight excluding hydrogens is 392 g/mol. The number of carbonyl (C=O) groups is 2. The number of ether oxygens (including phenoxy) is 2. The standard InChI is InChI=1S/C25H30N2O4/c1-3-16-31-22-14-8-18(17-23(22)30-2)9-15-24(28)26-21-12-10-19(11-13-21)25(29)27-20-6-4-5-7-20/h8-15,17,20H,3-7,16H2,1-2H3,(H,26,28)(H,27,29)/b15-9+. The van der Waals surface area contributed by atoms with Crippen molar-refractivity contribution in [2.75, 3.05) is 19.0 Å². The molecule has 1 fully saturated rings. The van der Waals surface area contributed by atoms with Crippen molar-refractivity contribution in [3.8, 4) is 11.5 Å². The molecule has 3 rings (SSSR count). The summed E-state index contributed by atoms with van der Waals surface area (Å²) in [6.45, 7) is 2.66. The van der Waals surface area contributed by atoms with Crippen molar-refractivity contribution in [2.24, 2.45) is 0 Å². The van der Waals surface area contributed by atoms with Gasteiger partial charge in [0.2, 0.25) is 5.91 Å². The molecule has 1 aliphatic rings. The highest BCUT2D eigenvalue weighted by Gasteiger charge is 2.17. The highest BCUT2D eigenvalue weighted by atomic mass is 16.5. The van der Waals surface area contributed by atoms with Crippen molar-refractivity contribution in [3.63, 3.8) is 0 Å². The van der Waals surface area contributed by atoms with Gasteiger partial charge < -0.3 is 20.1 Å². The zero-order valence-corrected chi connectivity index (χ0v) is 18.1. The predicted molar refractivity (Wildman–Crippen MR) is 123 cm³/mol. The zero-order chi connectivity index (χ0) is 22.1. The lowest BCUT2D eigenvalue weighted by Crippen LogP contribution is -2.32. The fourth-order valence-electron chi connectivity index (χ4n) is 3.52. The summed E-state index contributed by atoms with van der Waals surface area (Å²) >= 11 is 0. The Morgan fingerprint density at radius 2 is 1.81 bits per heavy atom. The fraction of sp³-hybridized carbons (Fsp3) is 0.360. The van der Waals surface area contributed by atoms with Crippen LogP contribution in [0.5, 0.6) is 11.5 Å². The average Bonchev–Trinajstić information content (AvgIpc) is 3.30. The molecule has 1 saturated carbocycles. The van der Waals surface area contributed by atoms with E-state index in [0.29, 0.717) is 29.4 Å². The highest BCUT2D eigenvalue weighted by molar-refractivity contribution is 6.02. The maximum Gasteiger partial charge on any atom is 0.251 e. The Kier molecular flexibility index (Phi) is 8.10. The van der Waals surface area contributed by atoms with E-state index in [0.717, 1.165) is 24.8 Å². The Morgan fingerprint density at radius 1 is 1.06 bits per heavy atom. The molecule has 2 aromatic carbocycles. The van der Waals surface area contributed by atoms with Gasteiger partial charge in [-0.3, -0.25) is 9.59 Å². The van der Waals surface area contributed by atoms with E-state index in [1.807, 2.05) is 25.1 Å². The van der Waals surface area contributed by atoms with Crippen molar-refractivity contribution in [1.82, 2.24) is 5.32 Å². The number of hydrogen-bond donors (Lipinski definition) is 2. The van der Waals surface area contributed by atoms with Gasteiger partial charge in [0.1, 0.15) is 0 Å². The number of nitrogens with one attached hydrogen (secondary N) is 2. The van der Waals surface area contributed by atoms with E-state index >= 15 is 0 Å². The van der Waals surface area contributed by atoms with E-state index in [1.54, 1.807) is 37.5 Å². The van der Waals surface area contributed by atoms with Crippen LogP contribution in [0, 0.1) is 0 Å². The molecule has 164 valence electrons. The number of methoxy groups -OCH3 is 1. The van der Waals surface area contributed by atoms with Gasteiger partial charge in [0.25, 0.3) is 5.91 Å². The van der Waals surface area contributed by atoms with Gasteiger partial charge in [-0.1, -0.05) is 25.8 Å². The zero-order valence-electron chi connectivity index (χ0n) is 18.1. The topological polar surface area (TPSA) is 76.7 Å². The summed E-state index contributed by atoms with van der Waals surface area (Å²) < 4.78 is 11.0. The van der Waals surface area contributed by atoms with Gasteiger partial charge in [-0.15, -0.1) is 0 Å². The Labute approximate surface area is 183 Å². The third-order valence-electron chi connectivity index (χ3n) is 5.18. The molecule has 0 heterocycles. The molecule has 6 heteroatoms. The van der Waals surface area contributed by atoms with E-state index in [2.05, 4.69) is 10.6 Å². The second-order valence-electron chi connectivity index (χ2n) is 7.61. The molecule has 0 spiro atoms. The molecule has 2 N–H and O–H groups in total. The van der Waals surface area contributed by atoms with E-state index < -0.39 is 0 Å². The number of amides is 2. The van der Waals surface area contributed by atoms with Crippen molar-refractivity contribution < 1.29 is 19.1 Å². The van der Waals surface area contributed by atoms with E-state index in [9.17, 15) is 9.59 Å². The minimum Gasteiger partial charge on any atom is -0.493 e. The molecular formula is C25H30N2O4. The van der Waals surface area contributed by atoms with Crippen LogP contribution in [-0.2, 0) is 4.79 Å². The molecule has 31 heavy (non-hydrogen) atoms. The van der Waals surface area contributed by atoms with Gasteiger partial charge in [0.05, 0.1) is 13.7 Å². The number of benzene rings is 2. The normalized spacial score (nSPS) is 13.9. The third-order valence-corrected chi connectivity index (χ3v) is 5.18. The maximum atomic E-state index is 12.3. The highest BCUT2D eigenvalue weighted by Crippen LogP contribution is 2.28. The number of carbonyl (C=O) groups excluding carboxylic acids is 2. The number of hydrogen-bond acceptors (Lipinski definition) is 4. The fourth-order valence-corrected chi connectivity index (χ4v) is 3.52. The Morgan fingerprint density at radius 3 is 2.48 bits per heavy atom. The van der Waals surface area contributed by atoms with Crippen molar-refractivity contribution >= 4 is 23.6 Å². The molecule has 0 saturated heterocycles. The summed E-state index contributed by atoms with van der Waals surface area (Å²) in [4.78, 5) is 24.6. The number of anilines is 1. The largest absolute Gasteiger partial charge is 0.493 e. The van der Waals surface area contributed by atoms with Crippen LogP contribution in [-0.4, -0.2) is 31.6 Å². The Bertz CT molecular complexity index is 916. The van der Waals surface area contributed by atoms with E-state index in [1.165, 1.54) is 18.9 Å². The summed E-state index contributed by atoms with van der Waals surface area (Å²) in [5, 5.41) is 5.87.